The number of aryl methyl sites for hydroxylation is 1. The highest BCUT2D eigenvalue weighted by Gasteiger charge is 2.33. The molecule has 11 heteroatoms. The van der Waals surface area contributed by atoms with Crippen LogP contribution in [0.3, 0.4) is 0 Å². The normalized spacial score (nSPS) is 15.0. The van der Waals surface area contributed by atoms with Crippen molar-refractivity contribution < 1.29 is 24.2 Å². The molecular formula is C37H38N6O5. The van der Waals surface area contributed by atoms with Crippen LogP contribution >= 0.6 is 0 Å². The van der Waals surface area contributed by atoms with Crippen LogP contribution in [0.25, 0.3) is 11.3 Å². The zero-order chi connectivity index (χ0) is 33.5. The third kappa shape index (κ3) is 5.56. The maximum Gasteiger partial charge on any atom is 0.264 e. The summed E-state index contributed by atoms with van der Waals surface area (Å²) in [5.41, 5.74) is 6.62. The summed E-state index contributed by atoms with van der Waals surface area (Å²) in [5, 5.41) is 17.5. The van der Waals surface area contributed by atoms with E-state index in [1.165, 1.54) is 5.56 Å². The van der Waals surface area contributed by atoms with E-state index in [0.29, 0.717) is 59.2 Å². The van der Waals surface area contributed by atoms with E-state index in [9.17, 15) is 14.7 Å². The lowest BCUT2D eigenvalue weighted by Crippen LogP contribution is -2.42. The standard InChI is InChI=1S/C37H38N6O5/c1-23-15-25-7-5-6-8-26(25)20-42(23)36(45)32-18-35-34(47-22-48-35)17-31(32)33-16-30(24(2)41(33)14-13-38-3)37(46)43(28-19-39-40(4)21-28)27-9-11-29(44)12-10-27/h5-12,16-19,21,23,38,44H,13-15,20,22H2,1-4H3/t23-/m1/s1. The molecule has 0 saturated carbocycles. The number of aromatic hydroxyl groups is 1. The van der Waals surface area contributed by atoms with Gasteiger partial charge in [-0.3, -0.25) is 19.2 Å². The molecule has 2 aliphatic heterocycles. The van der Waals surface area contributed by atoms with Crippen LogP contribution in [0.5, 0.6) is 17.2 Å². The van der Waals surface area contributed by atoms with Crippen molar-refractivity contribution in [3.8, 4) is 28.5 Å². The van der Waals surface area contributed by atoms with Gasteiger partial charge in [-0.15, -0.1) is 0 Å². The van der Waals surface area contributed by atoms with Crippen molar-refractivity contribution in [2.75, 3.05) is 25.3 Å². The zero-order valence-corrected chi connectivity index (χ0v) is 27.4. The van der Waals surface area contributed by atoms with Gasteiger partial charge in [-0.2, -0.15) is 5.10 Å². The molecule has 5 aromatic rings. The second kappa shape index (κ2) is 12.6. The van der Waals surface area contributed by atoms with Crippen LogP contribution < -0.4 is 19.7 Å². The van der Waals surface area contributed by atoms with Crippen molar-refractivity contribution >= 4 is 23.2 Å². The predicted molar refractivity (Wildman–Crippen MR) is 182 cm³/mol. The number of ether oxygens (including phenoxy) is 2. The third-order valence-corrected chi connectivity index (χ3v) is 9.23. The summed E-state index contributed by atoms with van der Waals surface area (Å²) in [5.74, 6) is 0.777. The number of amides is 2. The number of likely N-dealkylation sites (N-methyl/N-ethyl adjacent to an activating group) is 1. The number of phenolic OH excluding ortho intramolecular Hbond substituents is 1. The zero-order valence-electron chi connectivity index (χ0n) is 27.4. The van der Waals surface area contributed by atoms with Crippen molar-refractivity contribution in [1.29, 1.82) is 0 Å². The number of fused-ring (bicyclic) bond motifs is 2. The van der Waals surface area contributed by atoms with Gasteiger partial charge in [0.15, 0.2) is 11.5 Å². The largest absolute Gasteiger partial charge is 0.508 e. The van der Waals surface area contributed by atoms with Crippen LogP contribution in [0.2, 0.25) is 0 Å². The van der Waals surface area contributed by atoms with Gasteiger partial charge in [-0.25, -0.2) is 0 Å². The summed E-state index contributed by atoms with van der Waals surface area (Å²) in [7, 11) is 3.67. The van der Waals surface area contributed by atoms with E-state index in [1.54, 1.807) is 59.4 Å². The topological polar surface area (TPSA) is 114 Å². The number of hydrogen-bond donors (Lipinski definition) is 2. The summed E-state index contributed by atoms with van der Waals surface area (Å²) in [4.78, 5) is 32.7. The highest BCUT2D eigenvalue weighted by molar-refractivity contribution is 6.12. The van der Waals surface area contributed by atoms with Crippen LogP contribution in [-0.2, 0) is 26.6 Å². The monoisotopic (exact) mass is 646 g/mol. The molecule has 2 amide bonds. The van der Waals surface area contributed by atoms with Crippen LogP contribution in [0, 0.1) is 6.92 Å². The Morgan fingerprint density at radius 3 is 2.44 bits per heavy atom. The second-order valence-electron chi connectivity index (χ2n) is 12.3. The first-order valence-electron chi connectivity index (χ1n) is 16.0. The molecule has 0 fully saturated rings. The summed E-state index contributed by atoms with van der Waals surface area (Å²) in [6, 6.07) is 20.2. The van der Waals surface area contributed by atoms with Gasteiger partial charge in [-0.1, -0.05) is 24.3 Å². The number of phenols is 1. The fourth-order valence-corrected chi connectivity index (χ4v) is 6.66. The minimum atomic E-state index is -0.273. The molecule has 2 aliphatic rings. The molecule has 0 aliphatic carbocycles. The van der Waals surface area contributed by atoms with E-state index >= 15 is 0 Å². The molecule has 0 radical (unpaired) electrons. The molecule has 7 rings (SSSR count). The maximum absolute atomic E-state index is 14.6. The fraction of sp³-hybridized carbons (Fsp3) is 0.270. The molecule has 0 bridgehead atoms. The quantitative estimate of drug-likeness (QED) is 0.232. The Morgan fingerprint density at radius 2 is 1.73 bits per heavy atom. The molecule has 4 heterocycles. The Morgan fingerprint density at radius 1 is 1.00 bits per heavy atom. The van der Waals surface area contributed by atoms with Crippen LogP contribution in [0.15, 0.2) is 79.1 Å². The number of nitrogens with one attached hydrogen (secondary N) is 1. The van der Waals surface area contributed by atoms with Gasteiger partial charge < -0.3 is 29.4 Å². The van der Waals surface area contributed by atoms with E-state index in [0.717, 1.165) is 23.4 Å². The van der Waals surface area contributed by atoms with Gasteiger partial charge in [0, 0.05) is 55.9 Å². The Kier molecular flexibility index (Phi) is 8.14. The third-order valence-electron chi connectivity index (χ3n) is 9.23. The van der Waals surface area contributed by atoms with Crippen LogP contribution in [0.4, 0.5) is 11.4 Å². The fourth-order valence-electron chi connectivity index (χ4n) is 6.66. The Bertz CT molecular complexity index is 2010. The van der Waals surface area contributed by atoms with Gasteiger partial charge in [0.25, 0.3) is 11.8 Å². The Labute approximate surface area is 278 Å². The summed E-state index contributed by atoms with van der Waals surface area (Å²) < 4.78 is 15.3. The minimum Gasteiger partial charge on any atom is -0.508 e. The van der Waals surface area contributed by atoms with Gasteiger partial charge in [-0.05, 0) is 80.9 Å². The molecule has 0 saturated heterocycles. The van der Waals surface area contributed by atoms with Crippen molar-refractivity contribution in [2.45, 2.75) is 39.4 Å². The molecule has 0 unspecified atom stereocenters. The molecule has 246 valence electrons. The van der Waals surface area contributed by atoms with Gasteiger partial charge in [0.05, 0.1) is 28.7 Å². The lowest BCUT2D eigenvalue weighted by molar-refractivity contribution is 0.0658. The lowest BCUT2D eigenvalue weighted by atomic mass is 9.93. The Hall–Kier alpha value is -5.55. The first-order chi connectivity index (χ1) is 23.2. The van der Waals surface area contributed by atoms with Gasteiger partial charge in [0.2, 0.25) is 6.79 Å². The van der Waals surface area contributed by atoms with Crippen molar-refractivity contribution in [1.82, 2.24) is 24.6 Å². The number of carbonyl (C=O) groups excluding carboxylic acids is 2. The van der Waals surface area contributed by atoms with E-state index < -0.39 is 0 Å². The number of benzene rings is 3. The molecule has 2 aromatic heterocycles. The molecule has 11 nitrogen and oxygen atoms in total. The SMILES string of the molecule is CNCCn1c(-c2cc3c(cc2C(=O)N2Cc4ccccc4C[C@H]2C)OCO3)cc(C(=O)N(c2ccc(O)cc2)c2cnn(C)c2)c1C. The van der Waals surface area contributed by atoms with Gasteiger partial charge >= 0.3 is 0 Å². The molecule has 3 aromatic carbocycles. The molecule has 1 atom stereocenters. The molecular weight excluding hydrogens is 608 g/mol. The molecule has 2 N–H and O–H groups in total. The summed E-state index contributed by atoms with van der Waals surface area (Å²) >= 11 is 0. The number of carbonyl (C=O) groups is 2. The summed E-state index contributed by atoms with van der Waals surface area (Å²) in [6.07, 6.45) is 4.16. The van der Waals surface area contributed by atoms with E-state index in [4.69, 9.17) is 9.47 Å². The molecule has 48 heavy (non-hydrogen) atoms. The first-order valence-corrected chi connectivity index (χ1v) is 16.0. The van der Waals surface area contributed by atoms with E-state index in [2.05, 4.69) is 34.0 Å². The number of anilines is 2. The van der Waals surface area contributed by atoms with Crippen LogP contribution in [-0.4, -0.2) is 62.6 Å². The van der Waals surface area contributed by atoms with Crippen molar-refractivity contribution in [3.05, 3.63) is 107 Å². The number of nitrogens with zero attached hydrogens (tertiary/aromatic N) is 5. The highest BCUT2D eigenvalue weighted by atomic mass is 16.7. The smallest absolute Gasteiger partial charge is 0.264 e. The van der Waals surface area contributed by atoms with E-state index in [-0.39, 0.29) is 30.4 Å². The maximum atomic E-state index is 14.6. The second-order valence-corrected chi connectivity index (χ2v) is 12.3. The highest BCUT2D eigenvalue weighted by Crippen LogP contribution is 2.42. The average molecular weight is 647 g/mol. The molecule has 0 spiro atoms. The Balaban J connectivity index is 1.36. The lowest BCUT2D eigenvalue weighted by Gasteiger charge is -2.35. The minimum absolute atomic E-state index is 0.0148. The number of hydrogen-bond acceptors (Lipinski definition) is 7. The van der Waals surface area contributed by atoms with Crippen molar-refractivity contribution in [3.63, 3.8) is 0 Å². The first kappa shape index (κ1) is 31.1. The summed E-state index contributed by atoms with van der Waals surface area (Å²) in [6.45, 7) is 5.74. The van der Waals surface area contributed by atoms with Crippen LogP contribution in [0.1, 0.15) is 44.5 Å². The van der Waals surface area contributed by atoms with Crippen molar-refractivity contribution in [2.24, 2.45) is 7.05 Å². The predicted octanol–water partition coefficient (Wildman–Crippen LogP) is 5.42. The van der Waals surface area contributed by atoms with Gasteiger partial charge in [0.1, 0.15) is 5.75 Å². The van der Waals surface area contributed by atoms with E-state index in [1.807, 2.05) is 43.1 Å². The number of rotatable bonds is 8. The average Bonchev–Trinajstić information content (AvgIpc) is 3.81. The number of aromatic nitrogens is 3.